The molecule has 1 aromatic heterocycles. The number of halogens is 2. The van der Waals surface area contributed by atoms with Crippen LogP contribution in [0.2, 0.25) is 10.0 Å². The van der Waals surface area contributed by atoms with Gasteiger partial charge in [-0.05, 0) is 56.5 Å². The van der Waals surface area contributed by atoms with Crippen LogP contribution in [0, 0.1) is 5.92 Å². The predicted molar refractivity (Wildman–Crippen MR) is 139 cm³/mol. The maximum absolute atomic E-state index is 13.5. The molecule has 192 valence electrons. The van der Waals surface area contributed by atoms with Crippen molar-refractivity contribution in [3.8, 4) is 0 Å². The molecule has 0 saturated carbocycles. The van der Waals surface area contributed by atoms with E-state index in [1.165, 1.54) is 11.8 Å². The highest BCUT2D eigenvalue weighted by Gasteiger charge is 2.42. The van der Waals surface area contributed by atoms with Crippen molar-refractivity contribution < 1.29 is 19.5 Å². The van der Waals surface area contributed by atoms with Crippen molar-refractivity contribution in [2.24, 2.45) is 5.92 Å². The number of pyridine rings is 1. The standard InChI is InChI=1S/C26H30Cl2N4O4/c1-3-32(26(35)36)23-15-31(14-20(23)18-4-6-21(27)22(28)12-18)25(34)17-8-10-30(11-9-17)24-7-5-19(13-29-24)16(2)33/h4-7,12-13,17,20,23H,3,8-11,14-15H2,1-2H3,(H,35,36)/t20-,23+/m0/s1. The minimum absolute atomic E-state index is 0.0222. The van der Waals surface area contributed by atoms with Crippen LogP contribution in [0.1, 0.15) is 48.5 Å². The average molecular weight is 533 g/mol. The Kier molecular flexibility index (Phi) is 8.05. The van der Waals surface area contributed by atoms with Gasteiger partial charge in [0.15, 0.2) is 5.78 Å². The highest BCUT2D eigenvalue weighted by molar-refractivity contribution is 6.42. The van der Waals surface area contributed by atoms with Gasteiger partial charge in [0, 0.05) is 56.3 Å². The Bertz CT molecular complexity index is 1140. The summed E-state index contributed by atoms with van der Waals surface area (Å²) in [5, 5.41) is 10.6. The lowest BCUT2D eigenvalue weighted by molar-refractivity contribution is -0.135. The van der Waals surface area contributed by atoms with Gasteiger partial charge in [0.1, 0.15) is 5.82 Å². The molecule has 4 rings (SSSR count). The first kappa shape index (κ1) is 26.2. The summed E-state index contributed by atoms with van der Waals surface area (Å²) in [5.41, 5.74) is 1.45. The first-order valence-corrected chi connectivity index (χ1v) is 12.9. The van der Waals surface area contributed by atoms with Crippen LogP contribution in [0.3, 0.4) is 0 Å². The van der Waals surface area contributed by atoms with E-state index < -0.39 is 6.09 Å². The number of amides is 2. The molecule has 8 nitrogen and oxygen atoms in total. The Morgan fingerprint density at radius 2 is 1.81 bits per heavy atom. The molecule has 3 heterocycles. The molecule has 2 aliphatic heterocycles. The van der Waals surface area contributed by atoms with Crippen LogP contribution < -0.4 is 4.90 Å². The zero-order valence-electron chi connectivity index (χ0n) is 20.4. The van der Waals surface area contributed by atoms with Gasteiger partial charge < -0.3 is 19.8 Å². The lowest BCUT2D eigenvalue weighted by Gasteiger charge is -2.34. The van der Waals surface area contributed by atoms with Gasteiger partial charge >= 0.3 is 6.09 Å². The third-order valence-electron chi connectivity index (χ3n) is 7.28. The van der Waals surface area contributed by atoms with Gasteiger partial charge in [-0.15, -0.1) is 0 Å². The number of piperidine rings is 1. The number of likely N-dealkylation sites (N-methyl/N-ethyl adjacent to an activating group) is 1. The third kappa shape index (κ3) is 5.44. The van der Waals surface area contributed by atoms with Gasteiger partial charge in [0.25, 0.3) is 0 Å². The molecule has 2 amide bonds. The molecule has 2 atom stereocenters. The van der Waals surface area contributed by atoms with Crippen LogP contribution in [0.25, 0.3) is 0 Å². The van der Waals surface area contributed by atoms with Crippen molar-refractivity contribution in [3.63, 3.8) is 0 Å². The summed E-state index contributed by atoms with van der Waals surface area (Å²) in [4.78, 5) is 46.7. The van der Waals surface area contributed by atoms with Crippen LogP contribution in [0.5, 0.6) is 0 Å². The summed E-state index contributed by atoms with van der Waals surface area (Å²) >= 11 is 12.4. The Balaban J connectivity index is 1.46. The Morgan fingerprint density at radius 3 is 2.36 bits per heavy atom. The van der Waals surface area contributed by atoms with E-state index >= 15 is 0 Å². The zero-order chi connectivity index (χ0) is 26.0. The quantitative estimate of drug-likeness (QED) is 0.537. The molecule has 2 aromatic rings. The largest absolute Gasteiger partial charge is 0.465 e. The van der Waals surface area contributed by atoms with Crippen molar-refractivity contribution in [2.45, 2.75) is 38.6 Å². The van der Waals surface area contributed by atoms with E-state index in [0.29, 0.717) is 61.2 Å². The summed E-state index contributed by atoms with van der Waals surface area (Å²) in [6.45, 7) is 5.79. The smallest absolute Gasteiger partial charge is 0.407 e. The molecule has 2 fully saturated rings. The minimum atomic E-state index is -1.00. The molecule has 2 saturated heterocycles. The second kappa shape index (κ2) is 11.0. The van der Waals surface area contributed by atoms with Crippen LogP contribution in [0.4, 0.5) is 10.6 Å². The molecule has 1 N–H and O–H groups in total. The minimum Gasteiger partial charge on any atom is -0.465 e. The molecule has 0 radical (unpaired) electrons. The van der Waals surface area contributed by atoms with Crippen molar-refractivity contribution >= 4 is 46.8 Å². The van der Waals surface area contributed by atoms with Crippen LogP contribution in [-0.4, -0.2) is 76.4 Å². The van der Waals surface area contributed by atoms with E-state index in [1.54, 1.807) is 31.3 Å². The Morgan fingerprint density at radius 1 is 1.08 bits per heavy atom. The van der Waals surface area contributed by atoms with Crippen LogP contribution in [-0.2, 0) is 4.79 Å². The number of aromatic nitrogens is 1. The number of likely N-dealkylation sites (tertiary alicyclic amines) is 1. The first-order chi connectivity index (χ1) is 17.2. The van der Waals surface area contributed by atoms with Crippen LogP contribution in [0.15, 0.2) is 36.5 Å². The van der Waals surface area contributed by atoms with Gasteiger partial charge in [0.05, 0.1) is 16.1 Å². The van der Waals surface area contributed by atoms with E-state index in [2.05, 4.69) is 9.88 Å². The molecular weight excluding hydrogens is 503 g/mol. The second-order valence-corrected chi connectivity index (χ2v) is 10.2. The summed E-state index contributed by atoms with van der Waals surface area (Å²) in [7, 11) is 0. The number of nitrogens with zero attached hydrogens (tertiary/aromatic N) is 4. The number of ketones is 1. The molecule has 0 spiro atoms. The number of carbonyl (C=O) groups excluding carboxylic acids is 2. The van der Waals surface area contributed by atoms with Gasteiger partial charge in [-0.25, -0.2) is 9.78 Å². The number of hydrogen-bond acceptors (Lipinski definition) is 5. The monoisotopic (exact) mass is 532 g/mol. The Hall–Kier alpha value is -2.84. The topological polar surface area (TPSA) is 94.0 Å². The number of carbonyl (C=O) groups is 3. The van der Waals surface area contributed by atoms with Gasteiger partial charge in [-0.2, -0.15) is 0 Å². The van der Waals surface area contributed by atoms with Crippen molar-refractivity contribution in [1.29, 1.82) is 0 Å². The number of Topliss-reactive ketones (excluding diaryl/α,β-unsaturated/α-hetero) is 1. The summed E-state index contributed by atoms with van der Waals surface area (Å²) < 4.78 is 0. The fraction of sp³-hybridized carbons (Fsp3) is 0.462. The van der Waals surface area contributed by atoms with Gasteiger partial charge in [-0.3, -0.25) is 9.59 Å². The number of carboxylic acid groups (broad SMARTS) is 1. The van der Waals surface area contributed by atoms with E-state index in [0.717, 1.165) is 11.4 Å². The SMILES string of the molecule is CCN(C(=O)O)[C@@H]1CN(C(=O)C2CCN(c3ccc(C(C)=O)cn3)CC2)C[C@H]1c1ccc(Cl)c(Cl)c1. The fourth-order valence-electron chi connectivity index (χ4n) is 5.26. The number of rotatable bonds is 6. The van der Waals surface area contributed by atoms with Gasteiger partial charge in [-0.1, -0.05) is 29.3 Å². The Labute approximate surface area is 220 Å². The van der Waals surface area contributed by atoms with E-state index in [-0.39, 0.29) is 29.6 Å². The maximum Gasteiger partial charge on any atom is 0.407 e. The van der Waals surface area contributed by atoms with Crippen molar-refractivity contribution in [3.05, 3.63) is 57.7 Å². The fourth-order valence-corrected chi connectivity index (χ4v) is 5.57. The molecule has 36 heavy (non-hydrogen) atoms. The molecular formula is C26H30Cl2N4O4. The lowest BCUT2D eigenvalue weighted by Crippen LogP contribution is -2.45. The summed E-state index contributed by atoms with van der Waals surface area (Å²) in [5.74, 6) is 0.510. The molecule has 0 unspecified atom stereocenters. The second-order valence-electron chi connectivity index (χ2n) is 9.38. The third-order valence-corrected chi connectivity index (χ3v) is 8.02. The molecule has 0 aliphatic carbocycles. The normalized spacial score (nSPS) is 20.4. The van der Waals surface area contributed by atoms with Crippen LogP contribution >= 0.6 is 23.2 Å². The highest BCUT2D eigenvalue weighted by Crippen LogP contribution is 2.36. The maximum atomic E-state index is 13.5. The van der Waals surface area contributed by atoms with Crippen molar-refractivity contribution in [1.82, 2.24) is 14.8 Å². The summed E-state index contributed by atoms with van der Waals surface area (Å²) in [6.07, 6.45) is 1.96. The van der Waals surface area contributed by atoms with E-state index in [1.807, 2.05) is 17.0 Å². The summed E-state index contributed by atoms with van der Waals surface area (Å²) in [6, 6.07) is 8.60. The van der Waals surface area contributed by atoms with E-state index in [9.17, 15) is 19.5 Å². The van der Waals surface area contributed by atoms with E-state index in [4.69, 9.17) is 23.2 Å². The molecule has 2 aliphatic rings. The lowest BCUT2D eigenvalue weighted by atomic mass is 9.93. The highest BCUT2D eigenvalue weighted by atomic mass is 35.5. The molecule has 1 aromatic carbocycles. The first-order valence-electron chi connectivity index (χ1n) is 12.1. The number of anilines is 1. The van der Waals surface area contributed by atoms with Gasteiger partial charge in [0.2, 0.25) is 5.91 Å². The average Bonchev–Trinajstić information content (AvgIpc) is 3.30. The molecule has 0 bridgehead atoms. The molecule has 10 heteroatoms. The predicted octanol–water partition coefficient (Wildman–Crippen LogP) is 4.80. The van der Waals surface area contributed by atoms with Crippen molar-refractivity contribution in [2.75, 3.05) is 37.6 Å². The zero-order valence-corrected chi connectivity index (χ0v) is 21.9. The number of hydrogen-bond donors (Lipinski definition) is 1. The number of benzene rings is 1.